The van der Waals surface area contributed by atoms with Crippen molar-refractivity contribution in [1.29, 1.82) is 0 Å². The average molecular weight is 292 g/mol. The van der Waals surface area contributed by atoms with Crippen molar-refractivity contribution in [3.8, 4) is 5.75 Å². The van der Waals surface area contributed by atoms with E-state index in [0.717, 1.165) is 0 Å². The molecular weight excluding hydrogens is 276 g/mol. The molecule has 0 radical (unpaired) electrons. The Balaban J connectivity index is 1.71. The van der Waals surface area contributed by atoms with Crippen molar-refractivity contribution >= 4 is 17.5 Å². The number of ether oxygens (including phenoxy) is 2. The van der Waals surface area contributed by atoms with Crippen molar-refractivity contribution < 1.29 is 24.2 Å². The van der Waals surface area contributed by atoms with Gasteiger partial charge < -0.3 is 25.2 Å². The highest BCUT2D eigenvalue weighted by atomic mass is 16.5. The number of aliphatic hydroxyl groups excluding tert-OH is 1. The summed E-state index contributed by atoms with van der Waals surface area (Å²) < 4.78 is 10.4. The van der Waals surface area contributed by atoms with E-state index in [2.05, 4.69) is 10.6 Å². The lowest BCUT2D eigenvalue weighted by Gasteiger charge is -2.28. The lowest BCUT2D eigenvalue weighted by Crippen LogP contribution is -2.48. The highest BCUT2D eigenvalue weighted by Crippen LogP contribution is 2.28. The third-order valence-corrected chi connectivity index (χ3v) is 3.52. The first-order valence-electron chi connectivity index (χ1n) is 6.77. The Hall–Kier alpha value is -2.12. The molecule has 0 bridgehead atoms. The molecule has 2 atom stereocenters. The molecule has 0 spiro atoms. The molecule has 7 nitrogen and oxygen atoms in total. The van der Waals surface area contributed by atoms with E-state index in [0.29, 0.717) is 30.0 Å². The lowest BCUT2D eigenvalue weighted by molar-refractivity contribution is -0.118. The summed E-state index contributed by atoms with van der Waals surface area (Å²) in [4.78, 5) is 23.4. The van der Waals surface area contributed by atoms with Crippen molar-refractivity contribution in [1.82, 2.24) is 5.32 Å². The number of carbonyl (C=O) groups excluding carboxylic acids is 2. The number of aliphatic hydroxyl groups is 1. The minimum Gasteiger partial charge on any atom is -0.482 e. The van der Waals surface area contributed by atoms with Crippen LogP contribution in [0.15, 0.2) is 18.2 Å². The van der Waals surface area contributed by atoms with E-state index in [1.54, 1.807) is 18.2 Å². The fraction of sp³-hybridized carbons (Fsp3) is 0.429. The van der Waals surface area contributed by atoms with Gasteiger partial charge in [0, 0.05) is 12.2 Å². The maximum Gasteiger partial charge on any atom is 0.262 e. The summed E-state index contributed by atoms with van der Waals surface area (Å²) in [5.41, 5.74) is 0.970. The summed E-state index contributed by atoms with van der Waals surface area (Å²) in [6.07, 6.45) is -0.124. The lowest BCUT2D eigenvalue weighted by atomic mass is 10.1. The second-order valence-electron chi connectivity index (χ2n) is 5.06. The Morgan fingerprint density at radius 2 is 2.29 bits per heavy atom. The van der Waals surface area contributed by atoms with Gasteiger partial charge in [-0.1, -0.05) is 0 Å². The summed E-state index contributed by atoms with van der Waals surface area (Å²) >= 11 is 0. The van der Waals surface area contributed by atoms with Gasteiger partial charge >= 0.3 is 0 Å². The molecule has 0 aromatic heterocycles. The minimum atomic E-state index is -0.698. The molecule has 2 aliphatic heterocycles. The zero-order chi connectivity index (χ0) is 14.8. The van der Waals surface area contributed by atoms with Crippen LogP contribution in [0.1, 0.15) is 16.8 Å². The largest absolute Gasteiger partial charge is 0.482 e. The average Bonchev–Trinajstić information content (AvgIpc) is 2.49. The summed E-state index contributed by atoms with van der Waals surface area (Å²) in [5.74, 6) is -0.0379. The van der Waals surface area contributed by atoms with Gasteiger partial charge in [-0.2, -0.15) is 0 Å². The number of benzene rings is 1. The van der Waals surface area contributed by atoms with Crippen LogP contribution in [0.25, 0.3) is 0 Å². The van der Waals surface area contributed by atoms with Crippen LogP contribution in [0.5, 0.6) is 5.75 Å². The molecule has 0 aliphatic carbocycles. The smallest absolute Gasteiger partial charge is 0.262 e. The van der Waals surface area contributed by atoms with Crippen LogP contribution in [-0.2, 0) is 9.53 Å². The second-order valence-corrected chi connectivity index (χ2v) is 5.06. The normalized spacial score (nSPS) is 24.5. The van der Waals surface area contributed by atoms with Gasteiger partial charge in [0.2, 0.25) is 0 Å². The van der Waals surface area contributed by atoms with Gasteiger partial charge in [-0.15, -0.1) is 0 Å². The molecule has 2 aliphatic rings. The molecule has 2 amide bonds. The predicted octanol–water partition coefficient (Wildman–Crippen LogP) is -0.103. The van der Waals surface area contributed by atoms with Gasteiger partial charge in [0.05, 0.1) is 24.4 Å². The van der Waals surface area contributed by atoms with Gasteiger partial charge in [0.15, 0.2) is 6.61 Å². The van der Waals surface area contributed by atoms with E-state index in [4.69, 9.17) is 9.47 Å². The number of hydrogen-bond acceptors (Lipinski definition) is 5. The molecule has 112 valence electrons. The van der Waals surface area contributed by atoms with Crippen molar-refractivity contribution in [3.05, 3.63) is 23.8 Å². The number of fused-ring (bicyclic) bond motifs is 1. The van der Waals surface area contributed by atoms with E-state index >= 15 is 0 Å². The van der Waals surface area contributed by atoms with Crippen LogP contribution in [0.2, 0.25) is 0 Å². The molecule has 1 aromatic rings. The Morgan fingerprint density at radius 1 is 1.43 bits per heavy atom. The molecule has 1 fully saturated rings. The Bertz CT molecular complexity index is 574. The zero-order valence-electron chi connectivity index (χ0n) is 11.3. The molecule has 1 aromatic carbocycles. The van der Waals surface area contributed by atoms with Crippen molar-refractivity contribution in [2.24, 2.45) is 0 Å². The highest BCUT2D eigenvalue weighted by Gasteiger charge is 2.26. The van der Waals surface area contributed by atoms with Crippen molar-refractivity contribution in [2.75, 3.05) is 25.1 Å². The SMILES string of the molecule is O=C1COc2cc(C(=O)N[C@@H]3CCOC[C@H]3O)ccc2N1. The van der Waals surface area contributed by atoms with E-state index in [-0.39, 0.29) is 31.1 Å². The first-order valence-corrected chi connectivity index (χ1v) is 6.77. The van der Waals surface area contributed by atoms with Crippen molar-refractivity contribution in [3.63, 3.8) is 0 Å². The number of carbonyl (C=O) groups is 2. The fourth-order valence-electron chi connectivity index (χ4n) is 2.36. The number of hydrogen-bond donors (Lipinski definition) is 3. The predicted molar refractivity (Wildman–Crippen MR) is 73.3 cm³/mol. The van der Waals surface area contributed by atoms with Gasteiger partial charge in [-0.25, -0.2) is 0 Å². The Morgan fingerprint density at radius 3 is 3.10 bits per heavy atom. The molecule has 3 N–H and O–H groups in total. The number of anilines is 1. The zero-order valence-corrected chi connectivity index (χ0v) is 11.3. The van der Waals surface area contributed by atoms with Gasteiger partial charge in [-0.3, -0.25) is 9.59 Å². The molecule has 3 rings (SSSR count). The van der Waals surface area contributed by atoms with E-state index in [1.165, 1.54) is 0 Å². The third-order valence-electron chi connectivity index (χ3n) is 3.52. The van der Waals surface area contributed by atoms with Gasteiger partial charge in [-0.05, 0) is 24.6 Å². The molecule has 7 heteroatoms. The maximum absolute atomic E-state index is 12.2. The summed E-state index contributed by atoms with van der Waals surface area (Å²) in [6, 6.07) is 4.50. The topological polar surface area (TPSA) is 96.9 Å². The van der Waals surface area contributed by atoms with Crippen molar-refractivity contribution in [2.45, 2.75) is 18.6 Å². The van der Waals surface area contributed by atoms with E-state index in [9.17, 15) is 14.7 Å². The standard InChI is InChI=1S/C14H16N2O5/c17-11-6-20-4-3-9(11)16-14(19)8-1-2-10-12(5-8)21-7-13(18)15-10/h1-2,5,9,11,17H,3-4,6-7H2,(H,15,18)(H,16,19)/t9-,11-/m1/s1. The van der Waals surface area contributed by atoms with E-state index < -0.39 is 6.10 Å². The second kappa shape index (κ2) is 5.71. The molecule has 21 heavy (non-hydrogen) atoms. The minimum absolute atomic E-state index is 0.0588. The number of rotatable bonds is 2. The highest BCUT2D eigenvalue weighted by molar-refractivity contribution is 5.99. The first-order chi connectivity index (χ1) is 10.1. The van der Waals surface area contributed by atoms with Crippen LogP contribution in [0.4, 0.5) is 5.69 Å². The first kappa shape index (κ1) is 13.8. The quantitative estimate of drug-likeness (QED) is 0.707. The number of nitrogens with one attached hydrogen (secondary N) is 2. The summed E-state index contributed by atoms with van der Waals surface area (Å²) in [6.45, 7) is 0.683. The Labute approximate surface area is 121 Å². The van der Waals surface area contributed by atoms with Crippen LogP contribution in [0.3, 0.4) is 0 Å². The van der Waals surface area contributed by atoms with Crippen LogP contribution >= 0.6 is 0 Å². The fourth-order valence-corrected chi connectivity index (χ4v) is 2.36. The molecule has 0 saturated carbocycles. The monoisotopic (exact) mass is 292 g/mol. The van der Waals surface area contributed by atoms with Gasteiger partial charge in [0.25, 0.3) is 11.8 Å². The van der Waals surface area contributed by atoms with E-state index in [1.807, 2.05) is 0 Å². The molecule has 1 saturated heterocycles. The van der Waals surface area contributed by atoms with Crippen LogP contribution in [-0.4, -0.2) is 48.9 Å². The van der Waals surface area contributed by atoms with Gasteiger partial charge in [0.1, 0.15) is 5.75 Å². The van der Waals surface area contributed by atoms with Crippen LogP contribution in [0, 0.1) is 0 Å². The summed E-state index contributed by atoms with van der Waals surface area (Å²) in [5, 5.41) is 15.2. The molecular formula is C14H16N2O5. The maximum atomic E-state index is 12.2. The summed E-state index contributed by atoms with van der Waals surface area (Å²) in [7, 11) is 0. The van der Waals surface area contributed by atoms with Crippen LogP contribution < -0.4 is 15.4 Å². The number of amides is 2. The molecule has 0 unspecified atom stereocenters. The molecule has 2 heterocycles. The Kier molecular flexibility index (Phi) is 3.76. The third kappa shape index (κ3) is 2.98.